The summed E-state index contributed by atoms with van der Waals surface area (Å²) in [5.41, 5.74) is 4.78. The Morgan fingerprint density at radius 3 is 2.33 bits per heavy atom. The largest absolute Gasteiger partial charge is 0.364 e. The van der Waals surface area contributed by atoms with Crippen LogP contribution in [0.5, 0.6) is 0 Å². The SMILES string of the molecule is CN1c2ccccc2[C@]2(C)CCCC[C@]12c1ccccc1. The fourth-order valence-electron chi connectivity index (χ4n) is 5.05. The van der Waals surface area contributed by atoms with Crippen molar-refractivity contribution < 1.29 is 0 Å². The summed E-state index contributed by atoms with van der Waals surface area (Å²) < 4.78 is 0. The van der Waals surface area contributed by atoms with Crippen LogP contribution < -0.4 is 4.90 Å². The van der Waals surface area contributed by atoms with Gasteiger partial charge in [-0.3, -0.25) is 0 Å². The van der Waals surface area contributed by atoms with Gasteiger partial charge in [0, 0.05) is 18.2 Å². The summed E-state index contributed by atoms with van der Waals surface area (Å²) in [4.78, 5) is 2.57. The third-order valence-corrected chi connectivity index (χ3v) is 6.06. The Hall–Kier alpha value is -1.76. The highest BCUT2D eigenvalue weighted by Crippen LogP contribution is 2.62. The first kappa shape index (κ1) is 12.9. The van der Waals surface area contributed by atoms with Crippen LogP contribution in [0.15, 0.2) is 54.6 Å². The van der Waals surface area contributed by atoms with Gasteiger partial charge in [0.2, 0.25) is 0 Å². The van der Waals surface area contributed by atoms with Gasteiger partial charge in [-0.1, -0.05) is 68.3 Å². The molecule has 0 radical (unpaired) electrons. The molecule has 21 heavy (non-hydrogen) atoms. The van der Waals surface area contributed by atoms with Crippen LogP contribution in [0.25, 0.3) is 0 Å². The molecule has 0 aromatic heterocycles. The molecular weight excluding hydrogens is 254 g/mol. The Morgan fingerprint density at radius 2 is 1.52 bits per heavy atom. The second-order valence-electron chi connectivity index (χ2n) is 6.84. The van der Waals surface area contributed by atoms with Crippen LogP contribution in [0.1, 0.15) is 43.7 Å². The van der Waals surface area contributed by atoms with Crippen molar-refractivity contribution in [2.45, 2.75) is 43.6 Å². The highest BCUT2D eigenvalue weighted by atomic mass is 15.2. The minimum Gasteiger partial charge on any atom is -0.364 e. The molecule has 1 aliphatic heterocycles. The maximum absolute atomic E-state index is 2.57. The molecule has 0 amide bonds. The number of para-hydroxylation sites is 1. The Morgan fingerprint density at radius 1 is 0.857 bits per heavy atom. The summed E-state index contributed by atoms with van der Waals surface area (Å²) in [6.07, 6.45) is 5.19. The molecule has 108 valence electrons. The van der Waals surface area contributed by atoms with Crippen LogP contribution in [-0.2, 0) is 11.0 Å². The van der Waals surface area contributed by atoms with Crippen molar-refractivity contribution in [1.29, 1.82) is 0 Å². The van der Waals surface area contributed by atoms with Crippen molar-refractivity contribution >= 4 is 5.69 Å². The highest BCUT2D eigenvalue weighted by Gasteiger charge is 2.59. The van der Waals surface area contributed by atoms with Crippen LogP contribution in [-0.4, -0.2) is 7.05 Å². The van der Waals surface area contributed by atoms with E-state index in [1.165, 1.54) is 42.5 Å². The third-order valence-electron chi connectivity index (χ3n) is 6.06. The zero-order valence-electron chi connectivity index (χ0n) is 13.0. The lowest BCUT2D eigenvalue weighted by Gasteiger charge is -2.52. The number of benzene rings is 2. The normalized spacial score (nSPS) is 30.9. The van der Waals surface area contributed by atoms with Crippen molar-refractivity contribution in [3.63, 3.8) is 0 Å². The Kier molecular flexibility index (Phi) is 2.69. The molecule has 1 heteroatoms. The van der Waals surface area contributed by atoms with Crippen LogP contribution in [0.2, 0.25) is 0 Å². The molecule has 0 saturated heterocycles. The number of likely N-dealkylation sites (N-methyl/N-ethyl adjacent to an activating group) is 1. The summed E-state index contributed by atoms with van der Waals surface area (Å²) in [6.45, 7) is 2.49. The summed E-state index contributed by atoms with van der Waals surface area (Å²) >= 11 is 0. The molecule has 0 bridgehead atoms. The topological polar surface area (TPSA) is 3.24 Å². The smallest absolute Gasteiger partial charge is 0.0745 e. The monoisotopic (exact) mass is 277 g/mol. The Balaban J connectivity index is 2.01. The number of fused-ring (bicyclic) bond motifs is 3. The van der Waals surface area contributed by atoms with Gasteiger partial charge in [-0.25, -0.2) is 0 Å². The van der Waals surface area contributed by atoms with E-state index in [1.54, 1.807) is 0 Å². The van der Waals surface area contributed by atoms with Crippen LogP contribution in [0, 0.1) is 0 Å². The van der Waals surface area contributed by atoms with Gasteiger partial charge in [0.15, 0.2) is 0 Å². The third kappa shape index (κ3) is 1.47. The molecule has 0 unspecified atom stereocenters. The predicted molar refractivity (Wildman–Crippen MR) is 88.8 cm³/mol. The minimum absolute atomic E-state index is 0.121. The van der Waals surface area contributed by atoms with Gasteiger partial charge >= 0.3 is 0 Å². The van der Waals surface area contributed by atoms with E-state index in [4.69, 9.17) is 0 Å². The van der Waals surface area contributed by atoms with Crippen molar-refractivity contribution in [2.75, 3.05) is 11.9 Å². The lowest BCUT2D eigenvalue weighted by atomic mass is 9.58. The van der Waals surface area contributed by atoms with E-state index >= 15 is 0 Å². The molecule has 2 aromatic carbocycles. The standard InChI is InChI=1S/C20H23N/c1-19-14-8-9-15-20(19,16-10-4-3-5-11-16)21(2)18-13-7-6-12-17(18)19/h3-7,10-13H,8-9,14-15H2,1-2H3/t19-,20+/m0/s1. The lowest BCUT2D eigenvalue weighted by Crippen LogP contribution is -2.54. The second kappa shape index (κ2) is 4.37. The van der Waals surface area contributed by atoms with Crippen LogP contribution in [0.3, 0.4) is 0 Å². The molecule has 0 N–H and O–H groups in total. The molecule has 1 aliphatic carbocycles. The van der Waals surface area contributed by atoms with E-state index in [9.17, 15) is 0 Å². The first-order valence-electron chi connectivity index (χ1n) is 8.09. The maximum atomic E-state index is 2.57. The quantitative estimate of drug-likeness (QED) is 0.719. The number of hydrogen-bond acceptors (Lipinski definition) is 1. The Bertz CT molecular complexity index is 663. The number of hydrogen-bond donors (Lipinski definition) is 0. The number of rotatable bonds is 1. The van der Waals surface area contributed by atoms with Gasteiger partial charge < -0.3 is 4.90 Å². The van der Waals surface area contributed by atoms with E-state index in [0.29, 0.717) is 0 Å². The average Bonchev–Trinajstić information content (AvgIpc) is 2.75. The maximum Gasteiger partial charge on any atom is 0.0745 e. The summed E-state index contributed by atoms with van der Waals surface area (Å²) in [5.74, 6) is 0. The van der Waals surface area contributed by atoms with E-state index < -0.39 is 0 Å². The fraction of sp³-hybridized carbons (Fsp3) is 0.400. The van der Waals surface area contributed by atoms with Crippen LogP contribution in [0.4, 0.5) is 5.69 Å². The van der Waals surface area contributed by atoms with E-state index in [0.717, 1.165) is 0 Å². The molecule has 0 spiro atoms. The summed E-state index contributed by atoms with van der Waals surface area (Å²) in [5, 5.41) is 0. The molecule has 1 nitrogen and oxygen atoms in total. The van der Waals surface area contributed by atoms with Gasteiger partial charge in [-0.2, -0.15) is 0 Å². The van der Waals surface area contributed by atoms with E-state index in [1.807, 2.05) is 0 Å². The van der Waals surface area contributed by atoms with Crippen molar-refractivity contribution in [3.8, 4) is 0 Å². The average molecular weight is 277 g/mol. The second-order valence-corrected chi connectivity index (χ2v) is 6.84. The molecule has 2 atom stereocenters. The highest BCUT2D eigenvalue weighted by molar-refractivity contribution is 5.68. The molecule has 4 rings (SSSR count). The first-order chi connectivity index (χ1) is 10.2. The molecule has 2 aromatic rings. The molecular formula is C20H23N. The zero-order chi connectivity index (χ0) is 14.5. The van der Waals surface area contributed by atoms with Gasteiger partial charge in [0.1, 0.15) is 0 Å². The zero-order valence-corrected chi connectivity index (χ0v) is 13.0. The van der Waals surface area contributed by atoms with Crippen LogP contribution >= 0.6 is 0 Å². The summed E-state index contributed by atoms with van der Waals surface area (Å²) in [6, 6.07) is 20.2. The lowest BCUT2D eigenvalue weighted by molar-refractivity contribution is 0.171. The number of nitrogens with zero attached hydrogens (tertiary/aromatic N) is 1. The van der Waals surface area contributed by atoms with Gasteiger partial charge in [-0.05, 0) is 30.0 Å². The molecule has 2 aliphatic rings. The Labute approximate surface area is 127 Å². The molecule has 1 fully saturated rings. The minimum atomic E-state index is 0.121. The fourth-order valence-corrected chi connectivity index (χ4v) is 5.05. The van der Waals surface area contributed by atoms with Gasteiger partial charge in [-0.15, -0.1) is 0 Å². The van der Waals surface area contributed by atoms with Crippen molar-refractivity contribution in [3.05, 3.63) is 65.7 Å². The van der Waals surface area contributed by atoms with E-state index in [2.05, 4.69) is 73.5 Å². The first-order valence-corrected chi connectivity index (χ1v) is 8.09. The van der Waals surface area contributed by atoms with Gasteiger partial charge in [0.25, 0.3) is 0 Å². The van der Waals surface area contributed by atoms with Gasteiger partial charge in [0.05, 0.1) is 5.54 Å². The molecule has 1 heterocycles. The van der Waals surface area contributed by atoms with Crippen molar-refractivity contribution in [1.82, 2.24) is 0 Å². The predicted octanol–water partition coefficient (Wildman–Crippen LogP) is 4.86. The molecule has 1 saturated carbocycles. The van der Waals surface area contributed by atoms with E-state index in [-0.39, 0.29) is 11.0 Å². The summed E-state index contributed by atoms with van der Waals surface area (Å²) in [7, 11) is 2.29. The number of anilines is 1. The van der Waals surface area contributed by atoms with Crippen molar-refractivity contribution in [2.24, 2.45) is 0 Å².